The third-order valence-electron chi connectivity index (χ3n) is 4.87. The normalized spacial score (nSPS) is 17.7. The highest BCUT2D eigenvalue weighted by Gasteiger charge is 2.36. The van der Waals surface area contributed by atoms with Gasteiger partial charge in [-0.3, -0.25) is 0 Å². The van der Waals surface area contributed by atoms with Gasteiger partial charge in [0.05, 0.1) is 11.2 Å². The first-order chi connectivity index (χ1) is 12.4. The number of hydrogen-bond acceptors (Lipinski definition) is 3. The van der Waals surface area contributed by atoms with E-state index >= 15 is 0 Å². The van der Waals surface area contributed by atoms with Crippen LogP contribution in [0, 0.1) is 0 Å². The number of anilines is 1. The quantitative estimate of drug-likeness (QED) is 0.519. The van der Waals surface area contributed by atoms with Gasteiger partial charge in [0.25, 0.3) is 0 Å². The van der Waals surface area contributed by atoms with Gasteiger partial charge in [-0.2, -0.15) is 5.10 Å². The Morgan fingerprint density at radius 2 is 2.04 bits per heavy atom. The molecule has 0 amide bonds. The summed E-state index contributed by atoms with van der Waals surface area (Å²) in [6, 6.07) is 7.77. The molecule has 3 nitrogen and oxygen atoms in total. The van der Waals surface area contributed by atoms with Crippen molar-refractivity contribution in [3.8, 4) is 0 Å². The summed E-state index contributed by atoms with van der Waals surface area (Å²) < 4.78 is 28.5. The lowest BCUT2D eigenvalue weighted by atomic mass is 9.83. The number of alkyl halides is 2. The monoisotopic (exact) mass is 415 g/mol. The average molecular weight is 416 g/mol. The molecule has 3 aromatic rings. The number of halogens is 4. The Morgan fingerprint density at radius 1 is 1.27 bits per heavy atom. The molecule has 8 heteroatoms. The number of aromatic nitrogens is 2. The fraction of sp³-hybridized carbons (Fsp3) is 0.389. The van der Waals surface area contributed by atoms with Gasteiger partial charge in [-0.05, 0) is 41.8 Å². The van der Waals surface area contributed by atoms with Crippen LogP contribution in [0.2, 0.25) is 10.3 Å². The lowest BCUT2D eigenvalue weighted by molar-refractivity contribution is -0.0382. The summed E-state index contributed by atoms with van der Waals surface area (Å²) in [4.78, 5) is 1.20. The van der Waals surface area contributed by atoms with Crippen LogP contribution in [-0.4, -0.2) is 15.5 Å². The molecule has 0 aromatic carbocycles. The molecular formula is C18H17Cl2F2N3S. The van der Waals surface area contributed by atoms with Gasteiger partial charge < -0.3 is 5.32 Å². The molecule has 0 saturated heterocycles. The molecule has 3 aromatic heterocycles. The lowest BCUT2D eigenvalue weighted by Gasteiger charge is -2.27. The highest BCUT2D eigenvalue weighted by atomic mass is 35.5. The van der Waals surface area contributed by atoms with Crippen LogP contribution < -0.4 is 5.32 Å². The van der Waals surface area contributed by atoms with Crippen LogP contribution in [0.1, 0.15) is 42.0 Å². The predicted molar refractivity (Wildman–Crippen MR) is 103 cm³/mol. The van der Waals surface area contributed by atoms with Crippen LogP contribution in [0.15, 0.2) is 29.6 Å². The fourth-order valence-electron chi connectivity index (χ4n) is 3.48. The number of nitrogens with one attached hydrogen (secondary N) is 1. The van der Waals surface area contributed by atoms with Crippen LogP contribution in [0.3, 0.4) is 0 Å². The summed E-state index contributed by atoms with van der Waals surface area (Å²) in [7, 11) is 0. The van der Waals surface area contributed by atoms with Crippen molar-refractivity contribution in [2.45, 2.75) is 44.1 Å². The minimum Gasteiger partial charge on any atom is -0.378 e. The molecule has 0 unspecified atom stereocenters. The van der Waals surface area contributed by atoms with Crippen molar-refractivity contribution in [1.29, 1.82) is 0 Å². The van der Waals surface area contributed by atoms with Gasteiger partial charge in [-0.15, -0.1) is 11.3 Å². The Kier molecular flexibility index (Phi) is 4.84. The molecule has 138 valence electrons. The fourth-order valence-corrected chi connectivity index (χ4v) is 4.64. The number of nitrogens with zero attached hydrogens (tertiary/aromatic N) is 2. The van der Waals surface area contributed by atoms with Crippen molar-refractivity contribution in [3.63, 3.8) is 0 Å². The first-order valence-electron chi connectivity index (χ1n) is 8.45. The average Bonchev–Trinajstić information content (AvgIpc) is 3.22. The van der Waals surface area contributed by atoms with Crippen LogP contribution >= 0.6 is 34.5 Å². The van der Waals surface area contributed by atoms with Crippen molar-refractivity contribution in [2.24, 2.45) is 0 Å². The SMILES string of the molecule is FC1(F)CCC(c2cc3c(NCc4cccs4)cc(Cl)nn3c2Cl)CC1. The summed E-state index contributed by atoms with van der Waals surface area (Å²) >= 11 is 14.4. The predicted octanol–water partition coefficient (Wildman–Crippen LogP) is 6.61. The molecule has 4 rings (SSSR count). The van der Waals surface area contributed by atoms with E-state index in [1.807, 2.05) is 17.5 Å². The van der Waals surface area contributed by atoms with E-state index in [1.54, 1.807) is 21.9 Å². The minimum absolute atomic E-state index is 0.0211. The van der Waals surface area contributed by atoms with E-state index in [4.69, 9.17) is 23.2 Å². The molecule has 1 aliphatic carbocycles. The van der Waals surface area contributed by atoms with Gasteiger partial charge in [0.15, 0.2) is 5.15 Å². The minimum atomic E-state index is -2.56. The molecule has 1 saturated carbocycles. The molecule has 0 aliphatic heterocycles. The largest absolute Gasteiger partial charge is 0.378 e. The first kappa shape index (κ1) is 18.0. The van der Waals surface area contributed by atoms with Crippen molar-refractivity contribution in [3.05, 3.63) is 50.4 Å². The highest BCUT2D eigenvalue weighted by Crippen LogP contribution is 2.44. The topological polar surface area (TPSA) is 29.3 Å². The molecule has 1 fully saturated rings. The Balaban J connectivity index is 1.66. The standard InChI is InChI=1S/C18H17Cl2F2N3S/c19-16-9-14(23-10-12-2-1-7-26-12)15-8-13(17(20)25(15)24-16)11-3-5-18(21,22)6-4-11/h1-2,7-9,11,23H,3-6,10H2. The van der Waals surface area contributed by atoms with Crippen molar-refractivity contribution in [2.75, 3.05) is 5.32 Å². The van der Waals surface area contributed by atoms with E-state index in [0.29, 0.717) is 29.7 Å². The smallest absolute Gasteiger partial charge is 0.248 e. The number of thiophene rings is 1. The van der Waals surface area contributed by atoms with Gasteiger partial charge in [0, 0.05) is 30.3 Å². The van der Waals surface area contributed by atoms with Gasteiger partial charge in [-0.25, -0.2) is 13.3 Å². The molecule has 3 heterocycles. The van der Waals surface area contributed by atoms with Crippen LogP contribution in [-0.2, 0) is 6.54 Å². The van der Waals surface area contributed by atoms with Crippen molar-refractivity contribution < 1.29 is 8.78 Å². The third kappa shape index (κ3) is 3.55. The molecule has 26 heavy (non-hydrogen) atoms. The van der Waals surface area contributed by atoms with Gasteiger partial charge in [0.1, 0.15) is 5.15 Å². The zero-order valence-corrected chi connectivity index (χ0v) is 16.1. The second kappa shape index (κ2) is 6.98. The number of fused-ring (bicyclic) bond motifs is 1. The second-order valence-corrected chi connectivity index (χ2v) is 8.41. The van der Waals surface area contributed by atoms with Crippen molar-refractivity contribution >= 4 is 45.7 Å². The maximum Gasteiger partial charge on any atom is 0.248 e. The highest BCUT2D eigenvalue weighted by molar-refractivity contribution is 7.09. The van der Waals surface area contributed by atoms with E-state index < -0.39 is 5.92 Å². The van der Waals surface area contributed by atoms with Crippen LogP contribution in [0.25, 0.3) is 5.52 Å². The lowest BCUT2D eigenvalue weighted by Crippen LogP contribution is -2.23. The molecule has 1 aliphatic rings. The Hall–Kier alpha value is -1.37. The van der Waals surface area contributed by atoms with E-state index in [1.165, 1.54) is 4.88 Å². The third-order valence-corrected chi connectivity index (χ3v) is 6.31. The van der Waals surface area contributed by atoms with Crippen molar-refractivity contribution in [1.82, 2.24) is 9.61 Å². The Bertz CT molecular complexity index is 914. The Morgan fingerprint density at radius 3 is 2.73 bits per heavy atom. The molecule has 0 bridgehead atoms. The Labute approximate surface area is 163 Å². The molecule has 0 atom stereocenters. The maximum atomic E-state index is 13.5. The second-order valence-electron chi connectivity index (χ2n) is 6.63. The van der Waals surface area contributed by atoms with E-state index in [-0.39, 0.29) is 18.8 Å². The van der Waals surface area contributed by atoms with Gasteiger partial charge in [0.2, 0.25) is 5.92 Å². The summed E-state index contributed by atoms with van der Waals surface area (Å²) in [5.74, 6) is -2.54. The molecular weight excluding hydrogens is 399 g/mol. The van der Waals surface area contributed by atoms with E-state index in [2.05, 4.69) is 16.5 Å². The van der Waals surface area contributed by atoms with Gasteiger partial charge in [-0.1, -0.05) is 29.3 Å². The van der Waals surface area contributed by atoms with E-state index in [9.17, 15) is 8.78 Å². The molecule has 1 N–H and O–H groups in total. The maximum absolute atomic E-state index is 13.5. The summed E-state index contributed by atoms with van der Waals surface area (Å²) in [6.07, 6.45) is 0.653. The molecule has 0 spiro atoms. The van der Waals surface area contributed by atoms with Crippen LogP contribution in [0.5, 0.6) is 0 Å². The zero-order chi connectivity index (χ0) is 18.3. The van der Waals surface area contributed by atoms with Crippen LogP contribution in [0.4, 0.5) is 14.5 Å². The number of hydrogen-bond donors (Lipinski definition) is 1. The zero-order valence-electron chi connectivity index (χ0n) is 13.8. The number of rotatable bonds is 4. The summed E-state index contributed by atoms with van der Waals surface area (Å²) in [5.41, 5.74) is 2.51. The van der Waals surface area contributed by atoms with E-state index in [0.717, 1.165) is 16.8 Å². The summed E-state index contributed by atoms with van der Waals surface area (Å²) in [5, 5.41) is 10.5. The summed E-state index contributed by atoms with van der Waals surface area (Å²) in [6.45, 7) is 0.668. The molecule has 0 radical (unpaired) electrons. The van der Waals surface area contributed by atoms with Gasteiger partial charge >= 0.3 is 0 Å². The first-order valence-corrected chi connectivity index (χ1v) is 10.1.